The number of hydrogen-bond acceptors (Lipinski definition) is 3. The van der Waals surface area contributed by atoms with Gasteiger partial charge < -0.3 is 14.7 Å². The minimum atomic E-state index is -0.991. The largest absolute Gasteiger partial charge is 0.491 e. The van der Waals surface area contributed by atoms with Crippen molar-refractivity contribution in [3.8, 4) is 5.75 Å². The van der Waals surface area contributed by atoms with Crippen LogP contribution in [-0.4, -0.2) is 24.2 Å². The predicted octanol–water partition coefficient (Wildman–Crippen LogP) is 3.96. The lowest BCUT2D eigenvalue weighted by Gasteiger charge is -2.26. The van der Waals surface area contributed by atoms with E-state index in [9.17, 15) is 9.90 Å². The van der Waals surface area contributed by atoms with Gasteiger partial charge in [-0.05, 0) is 30.7 Å². The van der Waals surface area contributed by atoms with E-state index in [1.165, 1.54) is 0 Å². The van der Waals surface area contributed by atoms with Crippen LogP contribution in [0.1, 0.15) is 16.8 Å². The van der Waals surface area contributed by atoms with Crippen LogP contribution in [0.25, 0.3) is 0 Å². The van der Waals surface area contributed by atoms with Crippen LogP contribution in [0.15, 0.2) is 42.5 Å². The number of fused-ring (bicyclic) bond motifs is 1. The van der Waals surface area contributed by atoms with Crippen LogP contribution in [0.2, 0.25) is 5.02 Å². The lowest BCUT2D eigenvalue weighted by Crippen LogP contribution is -2.20. The molecule has 5 heteroatoms. The molecule has 1 heterocycles. The molecule has 0 spiro atoms. The number of carbonyl (C=O) groups is 1. The van der Waals surface area contributed by atoms with E-state index in [4.69, 9.17) is 16.3 Å². The first kappa shape index (κ1) is 13.8. The summed E-state index contributed by atoms with van der Waals surface area (Å²) in [5.74, 6) is -0.249. The minimum Gasteiger partial charge on any atom is -0.491 e. The molecule has 0 aliphatic carbocycles. The van der Waals surface area contributed by atoms with Crippen LogP contribution in [-0.2, 0) is 0 Å². The zero-order valence-corrected chi connectivity index (χ0v) is 12.0. The molecule has 1 aliphatic rings. The minimum absolute atomic E-state index is 0.194. The molecule has 2 aromatic rings. The summed E-state index contributed by atoms with van der Waals surface area (Å²) in [5, 5.41) is 9.85. The number of carboxylic acids is 1. The van der Waals surface area contributed by atoms with Crippen LogP contribution in [0, 0.1) is 0 Å². The second kappa shape index (κ2) is 5.66. The molecule has 3 rings (SSSR count). The monoisotopic (exact) mass is 303 g/mol. The summed E-state index contributed by atoms with van der Waals surface area (Å²) in [6.45, 7) is 1.25. The maximum atomic E-state index is 11.5. The number of nitrogens with zero attached hydrogens (tertiary/aromatic N) is 1. The number of hydrogen-bond donors (Lipinski definition) is 1. The number of ether oxygens (including phenoxy) is 1. The maximum Gasteiger partial charge on any atom is 0.337 e. The van der Waals surface area contributed by atoms with Gasteiger partial charge in [0, 0.05) is 6.54 Å². The predicted molar refractivity (Wildman–Crippen MR) is 82.0 cm³/mol. The highest BCUT2D eigenvalue weighted by atomic mass is 35.5. The lowest BCUT2D eigenvalue weighted by atomic mass is 10.1. The van der Waals surface area contributed by atoms with Gasteiger partial charge in [0.05, 0.1) is 28.6 Å². The van der Waals surface area contributed by atoms with Crippen molar-refractivity contribution in [3.63, 3.8) is 0 Å². The molecule has 0 atom stereocenters. The second-order valence-corrected chi connectivity index (χ2v) is 5.17. The van der Waals surface area contributed by atoms with E-state index in [2.05, 4.69) is 0 Å². The number of anilines is 2. The van der Waals surface area contributed by atoms with E-state index < -0.39 is 5.97 Å². The molecule has 0 bridgehead atoms. The standard InChI is InChI=1S/C16H14ClNO3/c17-12-6-3-5-11(16(19)20)15(12)18-9-4-10-21-14-8-2-1-7-13(14)18/h1-3,5-8H,4,9-10H2,(H,19,20). The Balaban J connectivity index is 2.19. The molecule has 1 N–H and O–H groups in total. The van der Waals surface area contributed by atoms with Crippen LogP contribution in [0.5, 0.6) is 5.75 Å². The normalized spacial score (nSPS) is 14.0. The van der Waals surface area contributed by atoms with E-state index in [0.29, 0.717) is 23.9 Å². The molecule has 0 unspecified atom stereocenters. The Labute approximate surface area is 127 Å². The van der Waals surface area contributed by atoms with Gasteiger partial charge in [0.2, 0.25) is 0 Å². The number of aromatic carboxylic acids is 1. The Bertz CT molecular complexity index is 687. The molecule has 108 valence electrons. The topological polar surface area (TPSA) is 49.8 Å². The first-order valence-electron chi connectivity index (χ1n) is 6.69. The van der Waals surface area contributed by atoms with Gasteiger partial charge in [-0.25, -0.2) is 4.79 Å². The first-order valence-corrected chi connectivity index (χ1v) is 7.07. The summed E-state index contributed by atoms with van der Waals surface area (Å²) in [5.41, 5.74) is 1.55. The first-order chi connectivity index (χ1) is 10.2. The van der Waals surface area contributed by atoms with E-state index in [1.54, 1.807) is 18.2 Å². The fraction of sp³-hybridized carbons (Fsp3) is 0.188. The summed E-state index contributed by atoms with van der Waals surface area (Å²) in [6, 6.07) is 12.5. The van der Waals surface area contributed by atoms with Crippen LogP contribution in [0.3, 0.4) is 0 Å². The summed E-state index contributed by atoms with van der Waals surface area (Å²) in [4.78, 5) is 13.4. The maximum absolute atomic E-state index is 11.5. The van der Waals surface area contributed by atoms with E-state index in [1.807, 2.05) is 29.2 Å². The highest BCUT2D eigenvalue weighted by Crippen LogP contribution is 2.40. The molecule has 1 aliphatic heterocycles. The quantitative estimate of drug-likeness (QED) is 0.912. The van der Waals surface area contributed by atoms with Gasteiger partial charge in [0.25, 0.3) is 0 Å². The molecule has 0 saturated heterocycles. The van der Waals surface area contributed by atoms with Gasteiger partial charge in [0.1, 0.15) is 5.75 Å². The van der Waals surface area contributed by atoms with Crippen molar-refractivity contribution in [2.75, 3.05) is 18.1 Å². The van der Waals surface area contributed by atoms with Gasteiger partial charge in [-0.2, -0.15) is 0 Å². The second-order valence-electron chi connectivity index (χ2n) is 4.76. The molecular weight excluding hydrogens is 290 g/mol. The van der Waals surface area contributed by atoms with Crippen molar-refractivity contribution in [2.45, 2.75) is 6.42 Å². The van der Waals surface area contributed by atoms with Gasteiger partial charge >= 0.3 is 5.97 Å². The molecular formula is C16H14ClNO3. The summed E-state index contributed by atoms with van der Waals surface area (Å²) in [7, 11) is 0. The molecule has 4 nitrogen and oxygen atoms in total. The van der Waals surface area contributed by atoms with Crippen molar-refractivity contribution >= 4 is 28.9 Å². The number of para-hydroxylation sites is 3. The Morgan fingerprint density at radius 2 is 2.00 bits per heavy atom. The highest BCUT2D eigenvalue weighted by molar-refractivity contribution is 6.34. The molecule has 0 fully saturated rings. The zero-order chi connectivity index (χ0) is 14.8. The number of carboxylic acid groups (broad SMARTS) is 1. The summed E-state index contributed by atoms with van der Waals surface area (Å²) in [6.07, 6.45) is 0.791. The van der Waals surface area contributed by atoms with Crippen LogP contribution >= 0.6 is 11.6 Å². The average Bonchev–Trinajstić information content (AvgIpc) is 2.69. The van der Waals surface area contributed by atoms with Gasteiger partial charge in [0.15, 0.2) is 0 Å². The van der Waals surface area contributed by atoms with E-state index in [0.717, 1.165) is 17.9 Å². The molecule has 0 amide bonds. The lowest BCUT2D eigenvalue weighted by molar-refractivity contribution is 0.0697. The summed E-state index contributed by atoms with van der Waals surface area (Å²) < 4.78 is 5.71. The Morgan fingerprint density at radius 3 is 2.81 bits per heavy atom. The molecule has 0 aromatic heterocycles. The molecule has 0 radical (unpaired) electrons. The van der Waals surface area contributed by atoms with Gasteiger partial charge in [-0.15, -0.1) is 0 Å². The Kier molecular flexibility index (Phi) is 3.71. The van der Waals surface area contributed by atoms with Gasteiger partial charge in [-0.3, -0.25) is 0 Å². The van der Waals surface area contributed by atoms with Crippen molar-refractivity contribution in [3.05, 3.63) is 53.1 Å². The molecule has 21 heavy (non-hydrogen) atoms. The third-order valence-electron chi connectivity index (χ3n) is 3.43. The highest BCUT2D eigenvalue weighted by Gasteiger charge is 2.24. The molecule has 0 saturated carbocycles. The fourth-order valence-electron chi connectivity index (χ4n) is 2.52. The van der Waals surface area contributed by atoms with Crippen molar-refractivity contribution in [2.24, 2.45) is 0 Å². The number of halogens is 1. The van der Waals surface area contributed by atoms with Crippen molar-refractivity contribution < 1.29 is 14.6 Å². The van der Waals surface area contributed by atoms with Gasteiger partial charge in [-0.1, -0.05) is 29.8 Å². The Hall–Kier alpha value is -2.20. The van der Waals surface area contributed by atoms with E-state index >= 15 is 0 Å². The smallest absolute Gasteiger partial charge is 0.337 e. The SMILES string of the molecule is O=C(O)c1cccc(Cl)c1N1CCCOc2ccccc21. The average molecular weight is 304 g/mol. The summed E-state index contributed by atoms with van der Waals surface area (Å²) >= 11 is 6.28. The third kappa shape index (κ3) is 2.54. The Morgan fingerprint density at radius 1 is 1.19 bits per heavy atom. The fourth-order valence-corrected chi connectivity index (χ4v) is 2.80. The molecule has 2 aromatic carbocycles. The number of benzene rings is 2. The van der Waals surface area contributed by atoms with E-state index in [-0.39, 0.29) is 5.56 Å². The zero-order valence-electron chi connectivity index (χ0n) is 11.3. The van der Waals surface area contributed by atoms with Crippen molar-refractivity contribution in [1.82, 2.24) is 0 Å². The van der Waals surface area contributed by atoms with Crippen LogP contribution in [0.4, 0.5) is 11.4 Å². The van der Waals surface area contributed by atoms with Crippen LogP contribution < -0.4 is 9.64 Å². The third-order valence-corrected chi connectivity index (χ3v) is 3.73. The van der Waals surface area contributed by atoms with Crippen molar-refractivity contribution in [1.29, 1.82) is 0 Å². The number of rotatable bonds is 2.